The number of ether oxygens (including phenoxy) is 1. The van der Waals surface area contributed by atoms with Crippen molar-refractivity contribution in [2.24, 2.45) is 0 Å². The van der Waals surface area contributed by atoms with E-state index in [1.54, 1.807) is 0 Å². The zero-order valence-corrected chi connectivity index (χ0v) is 12.2. The number of benzene rings is 2. The van der Waals surface area contributed by atoms with Crippen LogP contribution in [0.25, 0.3) is 0 Å². The number of para-hydroxylation sites is 1. The molecule has 2 N–H and O–H groups in total. The highest BCUT2D eigenvalue weighted by Gasteiger charge is 2.13. The molecule has 1 heterocycles. The summed E-state index contributed by atoms with van der Waals surface area (Å²) < 4.78 is 5.49. The molecule has 0 bridgehead atoms. The Morgan fingerprint density at radius 1 is 1.05 bits per heavy atom. The van der Waals surface area contributed by atoms with Gasteiger partial charge in [0.2, 0.25) is 0 Å². The second-order valence-electron chi connectivity index (χ2n) is 5.43. The molecule has 21 heavy (non-hydrogen) atoms. The Kier molecular flexibility index (Phi) is 4.87. The molecule has 1 saturated heterocycles. The molecule has 0 aromatic heterocycles. The summed E-state index contributed by atoms with van der Waals surface area (Å²) in [5, 5.41) is 7.03. The molecule has 0 saturated carbocycles. The van der Waals surface area contributed by atoms with Gasteiger partial charge in [0.1, 0.15) is 0 Å². The minimum Gasteiger partial charge on any atom is -0.383 e. The van der Waals surface area contributed by atoms with Gasteiger partial charge in [0, 0.05) is 24.8 Å². The van der Waals surface area contributed by atoms with Gasteiger partial charge in [-0.2, -0.15) is 0 Å². The molecular weight excluding hydrogens is 260 g/mol. The highest BCUT2D eigenvalue weighted by molar-refractivity contribution is 5.52. The maximum atomic E-state index is 5.49. The first kappa shape index (κ1) is 14.1. The number of hydrogen-bond acceptors (Lipinski definition) is 3. The molecule has 1 aliphatic heterocycles. The SMILES string of the molecule is c1ccc(Cc2ccccc2NCC2COCCN2)cc1. The van der Waals surface area contributed by atoms with Crippen LogP contribution in [0.3, 0.4) is 0 Å². The molecule has 0 spiro atoms. The van der Waals surface area contributed by atoms with Gasteiger partial charge in [-0.15, -0.1) is 0 Å². The molecule has 3 rings (SSSR count). The van der Waals surface area contributed by atoms with Gasteiger partial charge >= 0.3 is 0 Å². The van der Waals surface area contributed by atoms with Crippen LogP contribution in [0.4, 0.5) is 5.69 Å². The van der Waals surface area contributed by atoms with Gasteiger partial charge in [-0.05, 0) is 23.6 Å². The Hall–Kier alpha value is -1.84. The molecule has 2 aromatic rings. The summed E-state index contributed by atoms with van der Waals surface area (Å²) in [5.41, 5.74) is 3.89. The fraction of sp³-hybridized carbons (Fsp3) is 0.333. The third-order valence-corrected chi connectivity index (χ3v) is 3.79. The minimum atomic E-state index is 0.392. The van der Waals surface area contributed by atoms with Gasteiger partial charge in [0.25, 0.3) is 0 Å². The third kappa shape index (κ3) is 4.06. The van der Waals surface area contributed by atoms with Gasteiger partial charge in [-0.3, -0.25) is 0 Å². The highest BCUT2D eigenvalue weighted by atomic mass is 16.5. The Morgan fingerprint density at radius 3 is 2.67 bits per heavy atom. The maximum Gasteiger partial charge on any atom is 0.0637 e. The van der Waals surface area contributed by atoms with Crippen molar-refractivity contribution < 1.29 is 4.74 Å². The second kappa shape index (κ2) is 7.25. The van der Waals surface area contributed by atoms with Crippen molar-refractivity contribution in [3.63, 3.8) is 0 Å². The summed E-state index contributed by atoms with van der Waals surface area (Å²) in [4.78, 5) is 0. The van der Waals surface area contributed by atoms with Crippen LogP contribution < -0.4 is 10.6 Å². The first-order valence-corrected chi connectivity index (χ1v) is 7.58. The van der Waals surface area contributed by atoms with Gasteiger partial charge in [-0.25, -0.2) is 0 Å². The predicted molar refractivity (Wildman–Crippen MR) is 86.8 cm³/mol. The molecule has 0 radical (unpaired) electrons. The first-order valence-electron chi connectivity index (χ1n) is 7.58. The van der Waals surface area contributed by atoms with Crippen LogP contribution in [-0.4, -0.2) is 32.3 Å². The Balaban J connectivity index is 1.64. The summed E-state index contributed by atoms with van der Waals surface area (Å²) >= 11 is 0. The lowest BCUT2D eigenvalue weighted by Crippen LogP contribution is -2.45. The van der Waals surface area contributed by atoms with E-state index < -0.39 is 0 Å². The summed E-state index contributed by atoms with van der Waals surface area (Å²) in [7, 11) is 0. The van der Waals surface area contributed by atoms with E-state index in [9.17, 15) is 0 Å². The van der Waals surface area contributed by atoms with Crippen molar-refractivity contribution in [1.29, 1.82) is 0 Å². The lowest BCUT2D eigenvalue weighted by atomic mass is 10.0. The van der Waals surface area contributed by atoms with Crippen LogP contribution in [0.5, 0.6) is 0 Å². The van der Waals surface area contributed by atoms with Crippen LogP contribution in [0.15, 0.2) is 54.6 Å². The molecule has 1 atom stereocenters. The van der Waals surface area contributed by atoms with Crippen molar-refractivity contribution in [2.45, 2.75) is 12.5 Å². The predicted octanol–water partition coefficient (Wildman–Crippen LogP) is 2.68. The molecule has 3 nitrogen and oxygen atoms in total. The molecule has 1 fully saturated rings. The molecule has 0 aliphatic carbocycles. The smallest absolute Gasteiger partial charge is 0.0637 e. The van der Waals surface area contributed by atoms with Crippen molar-refractivity contribution in [3.8, 4) is 0 Å². The third-order valence-electron chi connectivity index (χ3n) is 3.79. The van der Waals surface area contributed by atoms with Crippen LogP contribution in [0.1, 0.15) is 11.1 Å². The van der Waals surface area contributed by atoms with E-state index in [1.165, 1.54) is 16.8 Å². The van der Waals surface area contributed by atoms with Gasteiger partial charge < -0.3 is 15.4 Å². The largest absolute Gasteiger partial charge is 0.383 e. The number of hydrogen-bond donors (Lipinski definition) is 2. The Morgan fingerprint density at radius 2 is 1.86 bits per heavy atom. The lowest BCUT2D eigenvalue weighted by molar-refractivity contribution is 0.0806. The minimum absolute atomic E-state index is 0.392. The van der Waals surface area contributed by atoms with Gasteiger partial charge in [0.15, 0.2) is 0 Å². The van der Waals surface area contributed by atoms with E-state index >= 15 is 0 Å². The fourth-order valence-corrected chi connectivity index (χ4v) is 2.65. The Bertz CT molecular complexity index is 550. The number of nitrogens with one attached hydrogen (secondary N) is 2. The van der Waals surface area contributed by atoms with E-state index in [1.807, 2.05) is 0 Å². The van der Waals surface area contributed by atoms with Crippen molar-refractivity contribution in [1.82, 2.24) is 5.32 Å². The van der Waals surface area contributed by atoms with Gasteiger partial charge in [0.05, 0.1) is 13.2 Å². The number of anilines is 1. The molecule has 2 aromatic carbocycles. The van der Waals surface area contributed by atoms with Gasteiger partial charge in [-0.1, -0.05) is 48.5 Å². The molecule has 1 unspecified atom stereocenters. The highest BCUT2D eigenvalue weighted by Crippen LogP contribution is 2.19. The quantitative estimate of drug-likeness (QED) is 0.884. The monoisotopic (exact) mass is 282 g/mol. The molecule has 3 heteroatoms. The molecular formula is C18H22N2O. The van der Waals surface area contributed by atoms with E-state index in [0.717, 1.165) is 32.7 Å². The van der Waals surface area contributed by atoms with E-state index in [2.05, 4.69) is 65.2 Å². The zero-order chi connectivity index (χ0) is 14.3. The topological polar surface area (TPSA) is 33.3 Å². The summed E-state index contributed by atoms with van der Waals surface area (Å²) in [6.45, 7) is 3.44. The molecule has 1 aliphatic rings. The number of rotatable bonds is 5. The lowest BCUT2D eigenvalue weighted by Gasteiger charge is -2.25. The summed E-state index contributed by atoms with van der Waals surface area (Å²) in [6.07, 6.45) is 0.957. The van der Waals surface area contributed by atoms with E-state index in [0.29, 0.717) is 6.04 Å². The van der Waals surface area contributed by atoms with Crippen LogP contribution in [-0.2, 0) is 11.2 Å². The molecule has 110 valence electrons. The summed E-state index contributed by atoms with van der Waals surface area (Å²) in [5.74, 6) is 0. The van der Waals surface area contributed by atoms with Crippen LogP contribution in [0, 0.1) is 0 Å². The van der Waals surface area contributed by atoms with E-state index in [-0.39, 0.29) is 0 Å². The van der Waals surface area contributed by atoms with Crippen molar-refractivity contribution in [3.05, 3.63) is 65.7 Å². The zero-order valence-electron chi connectivity index (χ0n) is 12.2. The van der Waals surface area contributed by atoms with Crippen LogP contribution >= 0.6 is 0 Å². The number of morpholine rings is 1. The molecule has 0 amide bonds. The van der Waals surface area contributed by atoms with Crippen molar-refractivity contribution in [2.75, 3.05) is 31.6 Å². The second-order valence-corrected chi connectivity index (χ2v) is 5.43. The van der Waals surface area contributed by atoms with E-state index in [4.69, 9.17) is 4.74 Å². The fourth-order valence-electron chi connectivity index (χ4n) is 2.65. The Labute approximate surface area is 126 Å². The maximum absolute atomic E-state index is 5.49. The summed E-state index contributed by atoms with van der Waals surface area (Å²) in [6, 6.07) is 19.5. The standard InChI is InChI=1S/C18H22N2O/c1-2-6-15(7-3-1)12-16-8-4-5-9-18(16)20-13-17-14-21-11-10-19-17/h1-9,17,19-20H,10-14H2. The van der Waals surface area contributed by atoms with Crippen molar-refractivity contribution >= 4 is 5.69 Å². The van der Waals surface area contributed by atoms with Crippen LogP contribution in [0.2, 0.25) is 0 Å². The first-order chi connectivity index (χ1) is 10.4. The average Bonchev–Trinajstić information content (AvgIpc) is 2.56. The average molecular weight is 282 g/mol. The normalized spacial score (nSPS) is 18.4.